The predicted octanol–water partition coefficient (Wildman–Crippen LogP) is 5.44. The molecule has 1 aliphatic heterocycles. The Hall–Kier alpha value is -1.65. The molecule has 0 aromatic rings. The minimum Gasteiger partial charge on any atom is -0.338 e. The molecular formula is C28H46N2O3. The Kier molecular flexibility index (Phi) is 7.23. The molecule has 0 aromatic heterocycles. The van der Waals surface area contributed by atoms with Crippen LogP contribution >= 0.6 is 0 Å². The molecule has 4 aliphatic rings. The maximum atomic E-state index is 13.7. The Morgan fingerprint density at radius 1 is 1.00 bits per heavy atom. The fourth-order valence-corrected chi connectivity index (χ4v) is 7.99. The summed E-state index contributed by atoms with van der Waals surface area (Å²) in [5.41, 5.74) is 0.690. The smallest absolute Gasteiger partial charge is 0.226 e. The van der Waals surface area contributed by atoms with Crippen LogP contribution in [0.1, 0.15) is 93.9 Å². The SMILES string of the molecule is CC.CC(C)N(C(=O)C1CCC2C3C(=O)C=C4N(C)C(=O)CCC4(C)C3CCC12C)C(C)C. The van der Waals surface area contributed by atoms with E-state index in [2.05, 4.69) is 41.5 Å². The van der Waals surface area contributed by atoms with Crippen molar-refractivity contribution in [3.63, 3.8) is 0 Å². The minimum atomic E-state index is -0.118. The molecule has 0 spiro atoms. The molecular weight excluding hydrogens is 412 g/mol. The number of likely N-dealkylation sites (tertiary alicyclic amines) is 1. The standard InChI is InChI=1S/C26H40N2O3.C2H6/c1-15(2)28(16(3)4)24(31)19-9-8-17-23-18(10-12-25(17,19)5)26(6)13-11-22(30)27(7)21(26)14-20(23)29;1-2/h14-19,23H,8-13H2,1-7H3;1-2H3. The summed E-state index contributed by atoms with van der Waals surface area (Å²) in [5, 5.41) is 0. The van der Waals surface area contributed by atoms with E-state index < -0.39 is 0 Å². The van der Waals surface area contributed by atoms with Crippen LogP contribution in [0.4, 0.5) is 0 Å². The first-order valence-electron chi connectivity index (χ1n) is 13.3. The van der Waals surface area contributed by atoms with E-state index in [0.29, 0.717) is 6.42 Å². The van der Waals surface area contributed by atoms with Crippen molar-refractivity contribution in [2.45, 2.75) is 106 Å². The van der Waals surface area contributed by atoms with Gasteiger partial charge in [-0.2, -0.15) is 0 Å². The zero-order chi connectivity index (χ0) is 24.9. The van der Waals surface area contributed by atoms with Gasteiger partial charge in [0.15, 0.2) is 5.78 Å². The van der Waals surface area contributed by atoms with E-state index in [9.17, 15) is 14.4 Å². The van der Waals surface area contributed by atoms with Crippen LogP contribution in [-0.4, -0.2) is 46.5 Å². The Morgan fingerprint density at radius 2 is 1.61 bits per heavy atom. The summed E-state index contributed by atoms with van der Waals surface area (Å²) in [7, 11) is 1.82. The van der Waals surface area contributed by atoms with Crippen molar-refractivity contribution in [1.82, 2.24) is 9.80 Å². The molecule has 2 amide bonds. The Balaban J connectivity index is 0.00000149. The topological polar surface area (TPSA) is 57.7 Å². The lowest BCUT2D eigenvalue weighted by atomic mass is 9.48. The molecule has 186 valence electrons. The zero-order valence-electron chi connectivity index (χ0n) is 22.4. The molecule has 1 saturated heterocycles. The van der Waals surface area contributed by atoms with E-state index >= 15 is 0 Å². The lowest BCUT2D eigenvalue weighted by molar-refractivity contribution is -0.151. The third kappa shape index (κ3) is 3.87. The number of carbonyl (C=O) groups excluding carboxylic acids is 3. The first kappa shape index (κ1) is 26.0. The second kappa shape index (κ2) is 9.19. The van der Waals surface area contributed by atoms with Crippen molar-refractivity contribution in [1.29, 1.82) is 0 Å². The number of hydrogen-bond donors (Lipinski definition) is 0. The van der Waals surface area contributed by atoms with Gasteiger partial charge in [0.2, 0.25) is 11.8 Å². The van der Waals surface area contributed by atoms with E-state index in [1.165, 1.54) is 0 Å². The van der Waals surface area contributed by atoms with Crippen molar-refractivity contribution in [3.05, 3.63) is 11.8 Å². The molecule has 1 heterocycles. The quantitative estimate of drug-likeness (QED) is 0.566. The van der Waals surface area contributed by atoms with Gasteiger partial charge in [0.05, 0.1) is 0 Å². The largest absolute Gasteiger partial charge is 0.338 e. The average molecular weight is 459 g/mol. The summed E-state index contributed by atoms with van der Waals surface area (Å²) >= 11 is 0. The molecule has 5 nitrogen and oxygen atoms in total. The van der Waals surface area contributed by atoms with Gasteiger partial charge in [0.25, 0.3) is 0 Å². The number of rotatable bonds is 3. The van der Waals surface area contributed by atoms with E-state index in [1.807, 2.05) is 25.8 Å². The lowest BCUT2D eigenvalue weighted by Gasteiger charge is -2.57. The van der Waals surface area contributed by atoms with Crippen LogP contribution < -0.4 is 0 Å². The van der Waals surface area contributed by atoms with E-state index in [4.69, 9.17) is 0 Å². The molecule has 3 aliphatic carbocycles. The third-order valence-corrected chi connectivity index (χ3v) is 9.54. The second-order valence-corrected chi connectivity index (χ2v) is 11.6. The van der Waals surface area contributed by atoms with Gasteiger partial charge in [-0.05, 0) is 77.0 Å². The van der Waals surface area contributed by atoms with Crippen molar-refractivity contribution in [3.8, 4) is 0 Å². The van der Waals surface area contributed by atoms with Crippen LogP contribution in [0.15, 0.2) is 11.8 Å². The molecule has 0 aromatic carbocycles. The van der Waals surface area contributed by atoms with E-state index in [0.717, 1.165) is 37.8 Å². The maximum absolute atomic E-state index is 13.7. The first-order valence-corrected chi connectivity index (χ1v) is 13.3. The molecule has 2 saturated carbocycles. The number of amides is 2. The summed E-state index contributed by atoms with van der Waals surface area (Å²) in [6.07, 6.45) is 6.97. The zero-order valence-corrected chi connectivity index (χ0v) is 22.4. The molecule has 0 bridgehead atoms. The molecule has 6 atom stereocenters. The molecule has 5 heteroatoms. The fraction of sp³-hybridized carbons (Fsp3) is 0.821. The van der Waals surface area contributed by atoms with Gasteiger partial charge >= 0.3 is 0 Å². The summed E-state index contributed by atoms with van der Waals surface area (Å²) in [6, 6.07) is 0.366. The number of piperidine rings is 1. The van der Waals surface area contributed by atoms with Crippen LogP contribution in [0.3, 0.4) is 0 Å². The molecule has 3 fully saturated rings. The number of hydrogen-bond acceptors (Lipinski definition) is 3. The number of carbonyl (C=O) groups is 3. The molecule has 4 rings (SSSR count). The number of fused-ring (bicyclic) bond motifs is 5. The van der Waals surface area contributed by atoms with Gasteiger partial charge in [-0.25, -0.2) is 0 Å². The normalized spacial score (nSPS) is 37.7. The third-order valence-electron chi connectivity index (χ3n) is 9.54. The van der Waals surface area contributed by atoms with Crippen molar-refractivity contribution >= 4 is 17.6 Å². The summed E-state index contributed by atoms with van der Waals surface area (Å²) in [5.74, 6) is 1.10. The first-order chi connectivity index (χ1) is 15.4. The van der Waals surface area contributed by atoms with Gasteiger partial charge in [-0.15, -0.1) is 0 Å². The number of ketones is 1. The highest BCUT2D eigenvalue weighted by Crippen LogP contribution is 2.65. The van der Waals surface area contributed by atoms with Gasteiger partial charge in [-0.1, -0.05) is 27.7 Å². The van der Waals surface area contributed by atoms with Crippen LogP contribution in [0.25, 0.3) is 0 Å². The van der Waals surface area contributed by atoms with Crippen LogP contribution in [0, 0.1) is 34.5 Å². The van der Waals surface area contributed by atoms with Gasteiger partial charge in [-0.3, -0.25) is 14.4 Å². The van der Waals surface area contributed by atoms with E-state index in [-0.39, 0.29) is 64.2 Å². The Bertz CT molecular complexity index is 823. The highest BCUT2D eigenvalue weighted by atomic mass is 16.2. The highest BCUT2D eigenvalue weighted by Gasteiger charge is 2.63. The highest BCUT2D eigenvalue weighted by molar-refractivity contribution is 5.96. The monoisotopic (exact) mass is 458 g/mol. The Labute approximate surface area is 201 Å². The van der Waals surface area contributed by atoms with Crippen molar-refractivity contribution in [2.24, 2.45) is 34.5 Å². The van der Waals surface area contributed by atoms with Crippen LogP contribution in [-0.2, 0) is 14.4 Å². The van der Waals surface area contributed by atoms with Gasteiger partial charge < -0.3 is 9.80 Å². The molecule has 0 radical (unpaired) electrons. The number of allylic oxidation sites excluding steroid dienone is 2. The van der Waals surface area contributed by atoms with Crippen LogP contribution in [0.5, 0.6) is 0 Å². The fourth-order valence-electron chi connectivity index (χ4n) is 7.99. The summed E-state index contributed by atoms with van der Waals surface area (Å²) in [4.78, 5) is 43.3. The molecule has 0 N–H and O–H groups in total. The Morgan fingerprint density at radius 3 is 2.18 bits per heavy atom. The molecule has 33 heavy (non-hydrogen) atoms. The average Bonchev–Trinajstić information content (AvgIpc) is 3.10. The van der Waals surface area contributed by atoms with E-state index in [1.54, 1.807) is 11.0 Å². The summed E-state index contributed by atoms with van der Waals surface area (Å²) in [6.45, 7) is 17.0. The summed E-state index contributed by atoms with van der Waals surface area (Å²) < 4.78 is 0. The lowest BCUT2D eigenvalue weighted by Crippen LogP contribution is -2.57. The van der Waals surface area contributed by atoms with Crippen LogP contribution in [0.2, 0.25) is 0 Å². The van der Waals surface area contributed by atoms with Crippen molar-refractivity contribution < 1.29 is 14.4 Å². The predicted molar refractivity (Wildman–Crippen MR) is 132 cm³/mol. The van der Waals surface area contributed by atoms with Crippen molar-refractivity contribution in [2.75, 3.05) is 7.05 Å². The maximum Gasteiger partial charge on any atom is 0.226 e. The number of nitrogens with zero attached hydrogens (tertiary/aromatic N) is 2. The van der Waals surface area contributed by atoms with Gasteiger partial charge in [0.1, 0.15) is 0 Å². The molecule has 6 unspecified atom stereocenters. The van der Waals surface area contributed by atoms with Gasteiger partial charge in [0, 0.05) is 54.6 Å². The minimum absolute atomic E-state index is 0.00448. The second-order valence-electron chi connectivity index (χ2n) is 11.6.